The molecule has 0 fully saturated rings. The molecule has 284 valence electrons. The highest BCUT2D eigenvalue weighted by atomic mass is 16.3. The van der Waals surface area contributed by atoms with Crippen LogP contribution in [0, 0.1) is 0 Å². The highest BCUT2D eigenvalue weighted by Gasteiger charge is 2.36. The Labute approximate surface area is 348 Å². The lowest BCUT2D eigenvalue weighted by molar-refractivity contribution is 0.660. The zero-order valence-corrected chi connectivity index (χ0v) is 33.3. The van der Waals surface area contributed by atoms with E-state index in [0.717, 1.165) is 83.2 Å². The predicted octanol–water partition coefficient (Wildman–Crippen LogP) is 16.3. The van der Waals surface area contributed by atoms with Crippen LogP contribution >= 0.6 is 0 Å². The Morgan fingerprint density at radius 3 is 1.72 bits per heavy atom. The lowest BCUT2D eigenvalue weighted by atomic mass is 9.82. The van der Waals surface area contributed by atoms with E-state index in [9.17, 15) is 0 Å². The molecule has 0 saturated carbocycles. The van der Waals surface area contributed by atoms with Crippen molar-refractivity contribution in [3.63, 3.8) is 0 Å². The number of fused-ring (bicyclic) bond motifs is 9. The molecule has 2 heterocycles. The summed E-state index contributed by atoms with van der Waals surface area (Å²) in [5.74, 6) is 0. The maximum Gasteiger partial charge on any atom is 0.137 e. The van der Waals surface area contributed by atoms with Gasteiger partial charge in [-0.2, -0.15) is 0 Å². The highest BCUT2D eigenvalue weighted by Crippen LogP contribution is 2.52. The van der Waals surface area contributed by atoms with Gasteiger partial charge < -0.3 is 13.7 Å². The number of hydrogen-bond acceptors (Lipinski definition) is 3. The molecule has 12 rings (SSSR count). The predicted molar refractivity (Wildman–Crippen MR) is 250 cm³/mol. The normalized spacial score (nSPS) is 13.0. The first kappa shape index (κ1) is 34.4. The number of hydrogen-bond donors (Lipinski definition) is 0. The van der Waals surface area contributed by atoms with Gasteiger partial charge in [-0.1, -0.05) is 159 Å². The van der Waals surface area contributed by atoms with Crippen LogP contribution in [0.5, 0.6) is 0 Å². The van der Waals surface area contributed by atoms with Crippen molar-refractivity contribution < 1.29 is 8.83 Å². The van der Waals surface area contributed by atoms with E-state index >= 15 is 0 Å². The largest absolute Gasteiger partial charge is 0.456 e. The first-order chi connectivity index (χ1) is 29.5. The van der Waals surface area contributed by atoms with Gasteiger partial charge >= 0.3 is 0 Å². The lowest BCUT2D eigenvalue weighted by Crippen LogP contribution is -2.17. The fourth-order valence-corrected chi connectivity index (χ4v) is 9.70. The molecule has 60 heavy (non-hydrogen) atoms. The van der Waals surface area contributed by atoms with E-state index in [4.69, 9.17) is 8.83 Å². The van der Waals surface area contributed by atoms with E-state index in [0.29, 0.717) is 0 Å². The van der Waals surface area contributed by atoms with Gasteiger partial charge in [-0.3, -0.25) is 0 Å². The Balaban J connectivity index is 1.07. The zero-order chi connectivity index (χ0) is 40.0. The quantitative estimate of drug-likeness (QED) is 0.169. The third-order valence-corrected chi connectivity index (χ3v) is 12.7. The van der Waals surface area contributed by atoms with Gasteiger partial charge in [0, 0.05) is 32.8 Å². The molecule has 0 saturated heterocycles. The Hall–Kier alpha value is -7.62. The number of para-hydroxylation sites is 1. The molecule has 3 heteroatoms. The number of nitrogens with zero attached hydrogens (tertiary/aromatic N) is 1. The molecule has 0 unspecified atom stereocenters. The standard InChI is InChI=1S/C57H39NO2/c1-57(2)48-20-11-9-19-43(48)44-31-29-41(33-49(44)57)58(50-21-12-10-18-42(50)39-26-24-38(25-27-39)36-14-5-3-6-15-36)51-22-13-23-52-56(51)47-35-54-46(34-55(47)59-52)45-30-28-40(32-53(45)60-54)37-16-7-4-8-17-37/h3-35H,1-2H3. The summed E-state index contributed by atoms with van der Waals surface area (Å²) in [5.41, 5.74) is 18.6. The van der Waals surface area contributed by atoms with Gasteiger partial charge in [-0.05, 0) is 105 Å². The van der Waals surface area contributed by atoms with E-state index < -0.39 is 0 Å². The van der Waals surface area contributed by atoms with Crippen LogP contribution in [0.4, 0.5) is 17.1 Å². The number of furan rings is 2. The topological polar surface area (TPSA) is 29.5 Å². The van der Waals surface area contributed by atoms with Gasteiger partial charge in [-0.25, -0.2) is 0 Å². The van der Waals surface area contributed by atoms with Crippen LogP contribution in [-0.4, -0.2) is 0 Å². The number of benzene rings is 9. The summed E-state index contributed by atoms with van der Waals surface area (Å²) in [4.78, 5) is 2.44. The Kier molecular flexibility index (Phi) is 7.58. The molecule has 3 nitrogen and oxygen atoms in total. The Bertz CT molecular complexity index is 3450. The highest BCUT2D eigenvalue weighted by molar-refractivity contribution is 6.19. The molecule has 0 spiro atoms. The van der Waals surface area contributed by atoms with Crippen molar-refractivity contribution in [1.29, 1.82) is 0 Å². The monoisotopic (exact) mass is 769 g/mol. The van der Waals surface area contributed by atoms with Gasteiger partial charge in [0.15, 0.2) is 0 Å². The van der Waals surface area contributed by atoms with Crippen molar-refractivity contribution >= 4 is 60.9 Å². The third-order valence-electron chi connectivity index (χ3n) is 12.7. The summed E-state index contributed by atoms with van der Waals surface area (Å²) in [7, 11) is 0. The van der Waals surface area contributed by atoms with Crippen LogP contribution in [0.15, 0.2) is 209 Å². The van der Waals surface area contributed by atoms with Gasteiger partial charge in [0.25, 0.3) is 0 Å². The van der Waals surface area contributed by atoms with Gasteiger partial charge in [-0.15, -0.1) is 0 Å². The van der Waals surface area contributed by atoms with E-state index in [1.165, 1.54) is 33.4 Å². The molecule has 0 bridgehead atoms. The molecule has 0 aliphatic heterocycles. The summed E-state index contributed by atoms with van der Waals surface area (Å²) in [6.07, 6.45) is 0. The summed E-state index contributed by atoms with van der Waals surface area (Å²) in [5, 5.41) is 4.17. The molecule has 0 atom stereocenters. The summed E-state index contributed by atoms with van der Waals surface area (Å²) in [6.45, 7) is 4.69. The second-order valence-electron chi connectivity index (χ2n) is 16.5. The summed E-state index contributed by atoms with van der Waals surface area (Å²) < 4.78 is 13.5. The van der Waals surface area contributed by atoms with Crippen molar-refractivity contribution in [3.8, 4) is 44.5 Å². The minimum absolute atomic E-state index is 0.165. The van der Waals surface area contributed by atoms with Crippen LogP contribution in [0.3, 0.4) is 0 Å². The first-order valence-corrected chi connectivity index (χ1v) is 20.7. The number of anilines is 3. The average Bonchev–Trinajstić information content (AvgIpc) is 3.93. The van der Waals surface area contributed by atoms with E-state index in [1.807, 2.05) is 6.07 Å². The average molecular weight is 770 g/mol. The second-order valence-corrected chi connectivity index (χ2v) is 16.5. The molecular weight excluding hydrogens is 731 g/mol. The summed E-state index contributed by atoms with van der Waals surface area (Å²) >= 11 is 0. The van der Waals surface area contributed by atoms with Crippen LogP contribution in [0.1, 0.15) is 25.0 Å². The maximum atomic E-state index is 6.79. The molecule has 0 N–H and O–H groups in total. The van der Waals surface area contributed by atoms with Crippen LogP contribution in [0.2, 0.25) is 0 Å². The molecular formula is C57H39NO2. The molecule has 2 aromatic heterocycles. The molecule has 1 aliphatic carbocycles. The minimum atomic E-state index is -0.165. The van der Waals surface area contributed by atoms with Crippen molar-refractivity contribution in [2.75, 3.05) is 4.90 Å². The Morgan fingerprint density at radius 2 is 0.917 bits per heavy atom. The van der Waals surface area contributed by atoms with Crippen molar-refractivity contribution in [2.45, 2.75) is 19.3 Å². The molecule has 11 aromatic rings. The van der Waals surface area contributed by atoms with Gasteiger partial charge in [0.05, 0.1) is 16.8 Å². The van der Waals surface area contributed by atoms with Gasteiger partial charge in [0.1, 0.15) is 22.3 Å². The molecule has 0 radical (unpaired) electrons. The molecule has 0 amide bonds. The van der Waals surface area contributed by atoms with Gasteiger partial charge in [0.2, 0.25) is 0 Å². The maximum absolute atomic E-state index is 6.79. The van der Waals surface area contributed by atoms with Crippen molar-refractivity contribution in [1.82, 2.24) is 0 Å². The minimum Gasteiger partial charge on any atom is -0.456 e. The van der Waals surface area contributed by atoms with Crippen molar-refractivity contribution in [2.24, 2.45) is 0 Å². The van der Waals surface area contributed by atoms with E-state index in [-0.39, 0.29) is 5.41 Å². The van der Waals surface area contributed by atoms with Crippen LogP contribution in [-0.2, 0) is 5.41 Å². The van der Waals surface area contributed by atoms with Crippen LogP contribution < -0.4 is 4.90 Å². The fraction of sp³-hybridized carbons (Fsp3) is 0.0526. The third kappa shape index (κ3) is 5.29. The van der Waals surface area contributed by atoms with E-state index in [1.54, 1.807) is 0 Å². The molecule has 1 aliphatic rings. The van der Waals surface area contributed by atoms with Crippen molar-refractivity contribution in [3.05, 3.63) is 211 Å². The number of rotatable bonds is 6. The van der Waals surface area contributed by atoms with Crippen LogP contribution in [0.25, 0.3) is 88.4 Å². The van der Waals surface area contributed by atoms with E-state index in [2.05, 4.69) is 213 Å². The first-order valence-electron chi connectivity index (χ1n) is 20.7. The SMILES string of the molecule is CC1(C)c2ccccc2-c2ccc(N(c3ccccc3-c3ccc(-c4ccccc4)cc3)c3cccc4oc5cc6c(cc5c34)oc3cc(-c4ccccc4)ccc36)cc21. The zero-order valence-electron chi connectivity index (χ0n) is 33.3. The molecule has 9 aromatic carbocycles. The smallest absolute Gasteiger partial charge is 0.137 e. The second kappa shape index (κ2) is 13.2. The Morgan fingerprint density at radius 1 is 0.350 bits per heavy atom. The summed E-state index contributed by atoms with van der Waals surface area (Å²) in [6, 6.07) is 71.9. The fourth-order valence-electron chi connectivity index (χ4n) is 9.70. The lowest BCUT2D eigenvalue weighted by Gasteiger charge is -2.30.